The van der Waals surface area contributed by atoms with E-state index in [0.29, 0.717) is 17.5 Å². The van der Waals surface area contributed by atoms with Crippen molar-refractivity contribution in [1.29, 1.82) is 0 Å². The average Bonchev–Trinajstić information content (AvgIpc) is 3.24. The minimum absolute atomic E-state index is 0.105. The van der Waals surface area contributed by atoms with Gasteiger partial charge in [-0.2, -0.15) is 0 Å². The lowest BCUT2D eigenvalue weighted by Crippen LogP contribution is -2.38. The van der Waals surface area contributed by atoms with Crippen molar-refractivity contribution in [1.82, 2.24) is 25.2 Å². The molecule has 1 spiro atoms. The number of rotatable bonds is 4. The zero-order chi connectivity index (χ0) is 18.1. The molecule has 0 bridgehead atoms. The maximum atomic E-state index is 12.5. The lowest BCUT2D eigenvalue weighted by atomic mass is 9.77. The van der Waals surface area contributed by atoms with E-state index in [1.54, 1.807) is 18.6 Å². The first-order valence-corrected chi connectivity index (χ1v) is 9.49. The Morgan fingerprint density at radius 3 is 3.00 bits per heavy atom. The number of nitrogens with one attached hydrogen (secondary N) is 2. The highest BCUT2D eigenvalue weighted by Gasteiger charge is 2.40. The Hall–Kier alpha value is -1.99. The van der Waals surface area contributed by atoms with E-state index < -0.39 is 0 Å². The number of aromatic nitrogens is 3. The van der Waals surface area contributed by atoms with Gasteiger partial charge in [0.05, 0.1) is 24.6 Å². The van der Waals surface area contributed by atoms with Crippen molar-refractivity contribution >= 4 is 17.1 Å². The van der Waals surface area contributed by atoms with E-state index in [1.807, 2.05) is 4.57 Å². The third kappa shape index (κ3) is 3.33. The monoisotopic (exact) mass is 357 g/mol. The number of fused-ring (bicyclic) bond motifs is 1. The zero-order valence-corrected chi connectivity index (χ0v) is 15.5. The van der Waals surface area contributed by atoms with E-state index in [-0.39, 0.29) is 18.1 Å². The van der Waals surface area contributed by atoms with Crippen molar-refractivity contribution in [2.45, 2.75) is 45.3 Å². The highest BCUT2D eigenvalue weighted by Crippen LogP contribution is 2.40. The second-order valence-electron chi connectivity index (χ2n) is 7.91. The fraction of sp³-hybridized carbons (Fsp3) is 0.632. The van der Waals surface area contributed by atoms with E-state index >= 15 is 0 Å². The van der Waals surface area contributed by atoms with E-state index in [9.17, 15) is 4.79 Å². The standard InChI is InChI=1S/C19H27N5O2/c1-13(2)24-12-23-16-7-14(9-21-17(16)24)18(25)22-10-15-8-19(11-26-15)3-5-20-6-4-19/h7,9,12-13,15,20H,3-6,8,10-11H2,1-2H3,(H,22,25). The number of carbonyl (C=O) groups excluding carboxylic acids is 1. The lowest BCUT2D eigenvalue weighted by Gasteiger charge is -2.32. The zero-order valence-electron chi connectivity index (χ0n) is 15.5. The number of hydrogen-bond acceptors (Lipinski definition) is 5. The molecule has 4 heterocycles. The Morgan fingerprint density at radius 1 is 1.42 bits per heavy atom. The van der Waals surface area contributed by atoms with Gasteiger partial charge in [0, 0.05) is 18.8 Å². The fourth-order valence-corrected chi connectivity index (χ4v) is 4.06. The number of hydrogen-bond donors (Lipinski definition) is 2. The number of amides is 1. The molecule has 0 aliphatic carbocycles. The van der Waals surface area contributed by atoms with Gasteiger partial charge in [-0.15, -0.1) is 0 Å². The molecular weight excluding hydrogens is 330 g/mol. The smallest absolute Gasteiger partial charge is 0.253 e. The Morgan fingerprint density at radius 2 is 2.23 bits per heavy atom. The molecule has 2 aliphatic heterocycles. The molecule has 2 aromatic heterocycles. The largest absolute Gasteiger partial charge is 0.376 e. The van der Waals surface area contributed by atoms with Crippen LogP contribution < -0.4 is 10.6 Å². The van der Waals surface area contributed by atoms with Gasteiger partial charge in [0.25, 0.3) is 5.91 Å². The van der Waals surface area contributed by atoms with Crippen molar-refractivity contribution in [3.05, 3.63) is 24.2 Å². The quantitative estimate of drug-likeness (QED) is 0.873. The summed E-state index contributed by atoms with van der Waals surface area (Å²) in [6.45, 7) is 7.66. The molecule has 4 rings (SSSR count). The molecule has 2 aromatic rings. The number of imidazole rings is 1. The molecule has 26 heavy (non-hydrogen) atoms. The summed E-state index contributed by atoms with van der Waals surface area (Å²) in [6, 6.07) is 2.09. The van der Waals surface area contributed by atoms with Crippen LogP contribution in [0.15, 0.2) is 18.6 Å². The molecule has 1 unspecified atom stereocenters. The van der Waals surface area contributed by atoms with Crippen LogP contribution in [0.4, 0.5) is 0 Å². The van der Waals surface area contributed by atoms with Crippen LogP contribution in [0, 0.1) is 5.41 Å². The van der Waals surface area contributed by atoms with Crippen LogP contribution >= 0.6 is 0 Å². The Bertz CT molecular complexity index is 794. The van der Waals surface area contributed by atoms with Gasteiger partial charge in [0.15, 0.2) is 5.65 Å². The summed E-state index contributed by atoms with van der Waals surface area (Å²) in [7, 11) is 0. The van der Waals surface area contributed by atoms with Gasteiger partial charge in [0.2, 0.25) is 0 Å². The predicted octanol–water partition coefficient (Wildman–Crippen LogP) is 1.90. The maximum absolute atomic E-state index is 12.5. The van der Waals surface area contributed by atoms with E-state index in [1.165, 1.54) is 0 Å². The first kappa shape index (κ1) is 17.4. The molecule has 1 amide bonds. The molecule has 2 aliphatic rings. The second-order valence-corrected chi connectivity index (χ2v) is 7.91. The topological polar surface area (TPSA) is 81.1 Å². The summed E-state index contributed by atoms with van der Waals surface area (Å²) in [4.78, 5) is 21.3. The van der Waals surface area contributed by atoms with Crippen molar-refractivity contribution in [3.8, 4) is 0 Å². The molecule has 2 saturated heterocycles. The molecule has 2 fully saturated rings. The maximum Gasteiger partial charge on any atom is 0.253 e. The van der Waals surface area contributed by atoms with Crippen molar-refractivity contribution in [3.63, 3.8) is 0 Å². The number of carbonyl (C=O) groups is 1. The van der Waals surface area contributed by atoms with Gasteiger partial charge in [-0.25, -0.2) is 9.97 Å². The summed E-state index contributed by atoms with van der Waals surface area (Å²) < 4.78 is 7.96. The van der Waals surface area contributed by atoms with Crippen LogP contribution in [0.5, 0.6) is 0 Å². The van der Waals surface area contributed by atoms with Gasteiger partial charge in [-0.05, 0) is 57.7 Å². The van der Waals surface area contributed by atoms with E-state index in [2.05, 4.69) is 34.4 Å². The minimum atomic E-state index is -0.117. The molecule has 140 valence electrons. The average molecular weight is 357 g/mol. The third-order valence-corrected chi connectivity index (χ3v) is 5.67. The molecule has 1 atom stereocenters. The summed E-state index contributed by atoms with van der Waals surface area (Å²) >= 11 is 0. The minimum Gasteiger partial charge on any atom is -0.376 e. The first-order valence-electron chi connectivity index (χ1n) is 9.49. The molecule has 7 nitrogen and oxygen atoms in total. The Balaban J connectivity index is 1.37. The summed E-state index contributed by atoms with van der Waals surface area (Å²) in [5.41, 5.74) is 2.41. The third-order valence-electron chi connectivity index (χ3n) is 5.67. The highest BCUT2D eigenvalue weighted by molar-refractivity contribution is 5.96. The molecule has 0 saturated carbocycles. The van der Waals surface area contributed by atoms with Crippen molar-refractivity contribution in [2.24, 2.45) is 5.41 Å². The van der Waals surface area contributed by atoms with Crippen LogP contribution in [-0.2, 0) is 4.74 Å². The molecule has 0 aromatic carbocycles. The van der Waals surface area contributed by atoms with Crippen molar-refractivity contribution < 1.29 is 9.53 Å². The summed E-state index contributed by atoms with van der Waals surface area (Å²) in [6.07, 6.45) is 6.86. The van der Waals surface area contributed by atoms with Gasteiger partial charge in [0.1, 0.15) is 5.52 Å². The van der Waals surface area contributed by atoms with E-state index in [4.69, 9.17) is 4.74 Å². The molecule has 0 radical (unpaired) electrons. The van der Waals surface area contributed by atoms with Crippen LogP contribution in [0.25, 0.3) is 11.2 Å². The SMILES string of the molecule is CC(C)n1cnc2cc(C(=O)NCC3CC4(CCNCC4)CO3)cnc21. The normalized spacial score (nSPS) is 22.3. The van der Waals surface area contributed by atoms with Crippen molar-refractivity contribution in [2.75, 3.05) is 26.2 Å². The predicted molar refractivity (Wildman–Crippen MR) is 99.1 cm³/mol. The number of piperidine rings is 1. The summed E-state index contributed by atoms with van der Waals surface area (Å²) in [5.74, 6) is -0.117. The van der Waals surface area contributed by atoms with Gasteiger partial charge in [-0.3, -0.25) is 4.79 Å². The van der Waals surface area contributed by atoms with Crippen LogP contribution in [-0.4, -0.2) is 52.8 Å². The van der Waals surface area contributed by atoms with Gasteiger partial charge in [-0.1, -0.05) is 0 Å². The second kappa shape index (κ2) is 6.96. The van der Waals surface area contributed by atoms with Gasteiger partial charge < -0.3 is 19.9 Å². The molecule has 2 N–H and O–H groups in total. The summed E-state index contributed by atoms with van der Waals surface area (Å²) in [5, 5.41) is 6.41. The van der Waals surface area contributed by atoms with Gasteiger partial charge >= 0.3 is 0 Å². The fourth-order valence-electron chi connectivity index (χ4n) is 4.06. The lowest BCUT2D eigenvalue weighted by molar-refractivity contribution is 0.0781. The van der Waals surface area contributed by atoms with E-state index in [0.717, 1.165) is 50.1 Å². The van der Waals surface area contributed by atoms with Crippen LogP contribution in [0.1, 0.15) is 49.5 Å². The number of ether oxygens (including phenoxy) is 1. The Labute approximate surface area is 153 Å². The number of pyridine rings is 1. The molecular formula is C19H27N5O2. The Kier molecular flexibility index (Phi) is 4.67. The molecule has 7 heteroatoms. The number of nitrogens with zero attached hydrogens (tertiary/aromatic N) is 3. The first-order chi connectivity index (χ1) is 12.6. The van der Waals surface area contributed by atoms with Crippen LogP contribution in [0.3, 0.4) is 0 Å². The van der Waals surface area contributed by atoms with Crippen LogP contribution in [0.2, 0.25) is 0 Å². The highest BCUT2D eigenvalue weighted by atomic mass is 16.5.